The Bertz CT molecular complexity index is 899. The largest absolute Gasteiger partial charge is 0.493 e. The molecule has 1 saturated carbocycles. The Morgan fingerprint density at radius 1 is 1.16 bits per heavy atom. The molecule has 1 aromatic heterocycles. The van der Waals surface area contributed by atoms with E-state index in [4.69, 9.17) is 19.2 Å². The lowest BCUT2D eigenvalue weighted by molar-refractivity contribution is 0.00681. The summed E-state index contributed by atoms with van der Waals surface area (Å²) in [5.74, 6) is 0.924. The van der Waals surface area contributed by atoms with Crippen LogP contribution >= 0.6 is 0 Å². The molecule has 1 aliphatic carbocycles. The Hall–Kier alpha value is -2.34. The molecule has 6 heteroatoms. The van der Waals surface area contributed by atoms with Crippen molar-refractivity contribution in [2.24, 2.45) is 0 Å². The molecule has 1 heterocycles. The van der Waals surface area contributed by atoms with Gasteiger partial charge in [0.05, 0.1) is 30.5 Å². The summed E-state index contributed by atoms with van der Waals surface area (Å²) in [7, 11) is 0. The molecule has 1 aliphatic rings. The summed E-state index contributed by atoms with van der Waals surface area (Å²) in [5.41, 5.74) is 2.45. The van der Waals surface area contributed by atoms with Crippen LogP contribution in [0, 0.1) is 6.92 Å². The van der Waals surface area contributed by atoms with E-state index in [2.05, 4.69) is 25.2 Å². The molecule has 1 fully saturated rings. The van der Waals surface area contributed by atoms with Gasteiger partial charge in [0.2, 0.25) is 0 Å². The minimum absolute atomic E-state index is 0.142. The molecule has 1 amide bonds. The first-order chi connectivity index (χ1) is 15.3. The highest BCUT2D eigenvalue weighted by Crippen LogP contribution is 2.32. The van der Waals surface area contributed by atoms with Crippen molar-refractivity contribution in [1.82, 2.24) is 10.3 Å². The third-order valence-electron chi connectivity index (χ3n) is 5.77. The lowest BCUT2D eigenvalue weighted by Crippen LogP contribution is -2.41. The number of carbonyl (C=O) groups excluding carboxylic acids is 1. The molecule has 0 atom stereocenters. The van der Waals surface area contributed by atoms with E-state index in [1.54, 1.807) is 0 Å². The summed E-state index contributed by atoms with van der Waals surface area (Å²) in [4.78, 5) is 16.9. The third kappa shape index (κ3) is 6.83. The van der Waals surface area contributed by atoms with Crippen LogP contribution in [0.25, 0.3) is 10.9 Å². The van der Waals surface area contributed by atoms with Crippen molar-refractivity contribution in [3.8, 4) is 5.75 Å². The molecule has 176 valence electrons. The minimum atomic E-state index is -0.478. The number of fused-ring (bicyclic) bond motifs is 1. The van der Waals surface area contributed by atoms with Gasteiger partial charge >= 0.3 is 6.09 Å². The van der Waals surface area contributed by atoms with Gasteiger partial charge in [-0.3, -0.25) is 0 Å². The monoisotopic (exact) mass is 442 g/mol. The number of hydrogen-bond acceptors (Lipinski definition) is 5. The number of carbonyl (C=O) groups is 1. The standard InChI is InChI=1S/C26H38N2O4/c1-6-7-16-30-24-18(2)23(28-22-11-9-8-10-21(22)24)17-31-20-14-12-19(13-15-20)27-25(29)32-26(3,4)5/h8-11,19-20H,6-7,12-17H2,1-5H3,(H,27,29). The molecular weight excluding hydrogens is 404 g/mol. The maximum atomic E-state index is 12.0. The molecule has 6 nitrogen and oxygen atoms in total. The number of rotatable bonds is 8. The number of aromatic nitrogens is 1. The molecule has 1 N–H and O–H groups in total. The molecule has 32 heavy (non-hydrogen) atoms. The molecule has 0 spiro atoms. The van der Waals surface area contributed by atoms with Crippen LogP contribution in [-0.2, 0) is 16.1 Å². The summed E-state index contributed by atoms with van der Waals surface area (Å²) in [6.07, 6.45) is 5.56. The second kappa shape index (κ2) is 11.0. The first kappa shape index (κ1) is 24.3. The Balaban J connectivity index is 1.57. The van der Waals surface area contributed by atoms with Gasteiger partial charge in [-0.15, -0.1) is 0 Å². The van der Waals surface area contributed by atoms with Crippen LogP contribution < -0.4 is 10.1 Å². The zero-order valence-corrected chi connectivity index (χ0v) is 20.2. The minimum Gasteiger partial charge on any atom is -0.493 e. The fourth-order valence-electron chi connectivity index (χ4n) is 4.02. The fraction of sp³-hybridized carbons (Fsp3) is 0.615. The van der Waals surface area contributed by atoms with E-state index < -0.39 is 5.60 Å². The molecule has 2 aromatic rings. The SMILES string of the molecule is CCCCOc1c(C)c(COC2CCC(NC(=O)OC(C)(C)C)CC2)nc2ccccc12. The number of benzene rings is 1. The van der Waals surface area contributed by atoms with Crippen LogP contribution in [0.4, 0.5) is 4.79 Å². The quantitative estimate of drug-likeness (QED) is 0.502. The average Bonchev–Trinajstić information content (AvgIpc) is 2.74. The smallest absolute Gasteiger partial charge is 0.407 e. The van der Waals surface area contributed by atoms with Crippen LogP contribution in [0.2, 0.25) is 0 Å². The predicted octanol–water partition coefficient (Wildman–Crippen LogP) is 6.07. The van der Waals surface area contributed by atoms with Crippen LogP contribution in [0.1, 0.15) is 77.5 Å². The van der Waals surface area contributed by atoms with E-state index in [9.17, 15) is 4.79 Å². The van der Waals surface area contributed by atoms with Crippen LogP contribution in [0.3, 0.4) is 0 Å². The van der Waals surface area contributed by atoms with Crippen molar-refractivity contribution >= 4 is 17.0 Å². The van der Waals surface area contributed by atoms with E-state index in [1.165, 1.54) is 0 Å². The summed E-state index contributed by atoms with van der Waals surface area (Å²) >= 11 is 0. The van der Waals surface area contributed by atoms with Gasteiger partial charge in [0.1, 0.15) is 11.4 Å². The molecule has 0 saturated heterocycles. The van der Waals surface area contributed by atoms with Crippen LogP contribution in [-0.4, -0.2) is 35.4 Å². The van der Waals surface area contributed by atoms with E-state index in [-0.39, 0.29) is 18.2 Å². The van der Waals surface area contributed by atoms with Crippen molar-refractivity contribution < 1.29 is 19.0 Å². The van der Waals surface area contributed by atoms with Gasteiger partial charge in [-0.1, -0.05) is 25.5 Å². The van der Waals surface area contributed by atoms with E-state index in [0.29, 0.717) is 13.2 Å². The number of alkyl carbamates (subject to hydrolysis) is 1. The lowest BCUT2D eigenvalue weighted by Gasteiger charge is -2.30. The number of hydrogen-bond donors (Lipinski definition) is 1. The zero-order valence-electron chi connectivity index (χ0n) is 20.2. The highest BCUT2D eigenvalue weighted by molar-refractivity contribution is 5.86. The summed E-state index contributed by atoms with van der Waals surface area (Å²) in [6.45, 7) is 11.0. The Morgan fingerprint density at radius 3 is 2.56 bits per heavy atom. The molecule has 1 aromatic carbocycles. The molecular formula is C26H38N2O4. The van der Waals surface area contributed by atoms with Gasteiger partial charge < -0.3 is 19.5 Å². The Morgan fingerprint density at radius 2 is 1.88 bits per heavy atom. The van der Waals surface area contributed by atoms with Gasteiger partial charge in [-0.25, -0.2) is 9.78 Å². The normalized spacial score (nSPS) is 19.0. The molecule has 0 aliphatic heterocycles. The van der Waals surface area contributed by atoms with Crippen molar-refractivity contribution in [1.29, 1.82) is 0 Å². The number of unbranched alkanes of at least 4 members (excludes halogenated alkanes) is 1. The number of para-hydroxylation sites is 1. The van der Waals surface area contributed by atoms with Gasteiger partial charge in [0.15, 0.2) is 0 Å². The highest BCUT2D eigenvalue weighted by atomic mass is 16.6. The number of amides is 1. The van der Waals surface area contributed by atoms with Crippen molar-refractivity contribution in [2.45, 2.75) is 97.5 Å². The predicted molar refractivity (Wildman–Crippen MR) is 127 cm³/mol. The Labute approximate surface area is 192 Å². The van der Waals surface area contributed by atoms with Crippen molar-refractivity contribution in [3.63, 3.8) is 0 Å². The summed E-state index contributed by atoms with van der Waals surface area (Å²) in [6, 6.07) is 8.27. The van der Waals surface area contributed by atoms with E-state index in [1.807, 2.05) is 39.0 Å². The second-order valence-electron chi connectivity index (χ2n) is 9.66. The molecule has 0 unspecified atom stereocenters. The van der Waals surface area contributed by atoms with Gasteiger partial charge in [0.25, 0.3) is 0 Å². The highest BCUT2D eigenvalue weighted by Gasteiger charge is 2.25. The zero-order chi connectivity index (χ0) is 23.1. The number of ether oxygens (including phenoxy) is 3. The maximum absolute atomic E-state index is 12.0. The second-order valence-corrected chi connectivity index (χ2v) is 9.66. The van der Waals surface area contributed by atoms with Crippen LogP contribution in [0.5, 0.6) is 5.75 Å². The Kier molecular flexibility index (Phi) is 8.35. The molecule has 3 rings (SSSR count). The fourth-order valence-corrected chi connectivity index (χ4v) is 4.02. The topological polar surface area (TPSA) is 69.7 Å². The molecule has 0 bridgehead atoms. The number of nitrogens with zero attached hydrogens (tertiary/aromatic N) is 1. The average molecular weight is 443 g/mol. The van der Waals surface area contributed by atoms with Crippen molar-refractivity contribution in [3.05, 3.63) is 35.5 Å². The molecule has 0 radical (unpaired) electrons. The maximum Gasteiger partial charge on any atom is 0.407 e. The van der Waals surface area contributed by atoms with E-state index >= 15 is 0 Å². The third-order valence-corrected chi connectivity index (χ3v) is 5.77. The van der Waals surface area contributed by atoms with Gasteiger partial charge in [-0.2, -0.15) is 0 Å². The van der Waals surface area contributed by atoms with Gasteiger partial charge in [-0.05, 0) is 71.9 Å². The summed E-state index contributed by atoms with van der Waals surface area (Å²) in [5, 5.41) is 4.04. The van der Waals surface area contributed by atoms with Gasteiger partial charge in [0, 0.05) is 17.0 Å². The lowest BCUT2D eigenvalue weighted by atomic mass is 9.93. The van der Waals surface area contributed by atoms with Crippen molar-refractivity contribution in [2.75, 3.05) is 6.61 Å². The first-order valence-corrected chi connectivity index (χ1v) is 11.9. The summed E-state index contributed by atoms with van der Waals surface area (Å²) < 4.78 is 17.8. The van der Waals surface area contributed by atoms with Crippen LogP contribution in [0.15, 0.2) is 24.3 Å². The first-order valence-electron chi connectivity index (χ1n) is 11.9. The van der Waals surface area contributed by atoms with E-state index in [0.717, 1.165) is 66.4 Å². The number of pyridine rings is 1. The number of nitrogens with one attached hydrogen (secondary N) is 1.